The van der Waals surface area contributed by atoms with E-state index in [0.717, 1.165) is 84.4 Å². The second-order valence-corrected chi connectivity index (χ2v) is 25.0. The molecule has 0 bridgehead atoms. The molecule has 0 unspecified atom stereocenters. The number of aromatic nitrogens is 5. The molecule has 0 fully saturated rings. The van der Waals surface area contributed by atoms with Crippen molar-refractivity contribution < 1.29 is 0 Å². The molecule has 458 valence electrons. The topological polar surface area (TPSA) is 48.5 Å². The Morgan fingerprint density at radius 3 is 1.23 bits per heavy atom. The van der Waals surface area contributed by atoms with Gasteiger partial charge in [-0.05, 0) is 166 Å². The Morgan fingerprint density at radius 2 is 0.612 bits per heavy atom. The second-order valence-electron chi connectivity index (χ2n) is 25.0. The zero-order chi connectivity index (χ0) is 64.9. The molecular formula is C93H61N5. The molecule has 0 N–H and O–H groups in total. The summed E-state index contributed by atoms with van der Waals surface area (Å²) in [5.74, 6) is 1.65. The summed E-state index contributed by atoms with van der Waals surface area (Å²) < 4.78 is 4.61. The Labute approximate surface area is 567 Å². The maximum absolute atomic E-state index is 5.12. The summed E-state index contributed by atoms with van der Waals surface area (Å²) in [4.78, 5) is 15.1. The van der Waals surface area contributed by atoms with Gasteiger partial charge in [0.15, 0.2) is 5.82 Å². The smallest absolute Gasteiger partial charge is 0.160 e. The van der Waals surface area contributed by atoms with Crippen LogP contribution in [-0.2, 0) is 0 Å². The van der Waals surface area contributed by atoms with E-state index in [4.69, 9.17) is 15.0 Å². The molecule has 0 atom stereocenters. The van der Waals surface area contributed by atoms with Crippen molar-refractivity contribution >= 4 is 75.9 Å². The van der Waals surface area contributed by atoms with Gasteiger partial charge < -0.3 is 4.57 Å². The molecular weight excluding hydrogens is 1190 g/mol. The number of nitrogens with zero attached hydrogens (tertiary/aromatic N) is 5. The van der Waals surface area contributed by atoms with Gasteiger partial charge in [0.05, 0.1) is 33.5 Å². The monoisotopic (exact) mass is 1250 g/mol. The lowest BCUT2D eigenvalue weighted by Gasteiger charge is -2.19. The quantitative estimate of drug-likeness (QED) is 0.128. The summed E-state index contributed by atoms with van der Waals surface area (Å²) in [5.41, 5.74) is 22.4. The third-order valence-corrected chi connectivity index (χ3v) is 19.2. The minimum Gasteiger partial charge on any atom is -0.309 e. The van der Waals surface area contributed by atoms with Gasteiger partial charge in [0.2, 0.25) is 0 Å². The molecule has 5 heteroatoms. The first-order valence-electron chi connectivity index (χ1n) is 33.4. The van der Waals surface area contributed by atoms with Crippen molar-refractivity contribution in [3.8, 4) is 101 Å². The van der Waals surface area contributed by atoms with Crippen LogP contribution in [0.2, 0.25) is 0 Å². The first kappa shape index (κ1) is 57.6. The summed E-state index contributed by atoms with van der Waals surface area (Å²) >= 11 is 0. The molecule has 3 heterocycles. The van der Waals surface area contributed by atoms with Crippen molar-refractivity contribution in [2.24, 2.45) is 0 Å². The molecule has 5 nitrogen and oxygen atoms in total. The van der Waals surface area contributed by atoms with Crippen LogP contribution in [-0.4, -0.2) is 24.1 Å². The van der Waals surface area contributed by atoms with Gasteiger partial charge in [0, 0.05) is 44.4 Å². The molecule has 0 saturated carbocycles. The first-order valence-corrected chi connectivity index (χ1v) is 33.4. The van der Waals surface area contributed by atoms with E-state index in [1.54, 1.807) is 0 Å². The van der Waals surface area contributed by atoms with Gasteiger partial charge in [-0.15, -0.1) is 0 Å². The minimum atomic E-state index is 0.720. The second kappa shape index (κ2) is 24.7. The Hall–Kier alpha value is -13.1. The summed E-state index contributed by atoms with van der Waals surface area (Å²) in [7, 11) is 0. The number of imidazole rings is 1. The lowest BCUT2D eigenvalue weighted by Crippen LogP contribution is -1.97. The summed E-state index contributed by atoms with van der Waals surface area (Å²) in [6.07, 6.45) is 0. The third kappa shape index (κ3) is 10.5. The van der Waals surface area contributed by atoms with Gasteiger partial charge in [0.1, 0.15) is 5.82 Å². The maximum Gasteiger partial charge on any atom is 0.160 e. The van der Waals surface area contributed by atoms with Crippen LogP contribution in [0.3, 0.4) is 0 Å². The van der Waals surface area contributed by atoms with E-state index in [2.05, 4.69) is 343 Å². The van der Waals surface area contributed by atoms with Crippen LogP contribution in [0.5, 0.6) is 0 Å². The highest BCUT2D eigenvalue weighted by atomic mass is 15.1. The lowest BCUT2D eigenvalue weighted by molar-refractivity contribution is 1.10. The van der Waals surface area contributed by atoms with Crippen molar-refractivity contribution in [1.82, 2.24) is 24.1 Å². The molecule has 0 aliphatic heterocycles. The van der Waals surface area contributed by atoms with E-state index in [1.807, 2.05) is 36.4 Å². The molecule has 0 amide bonds. The molecule has 0 aliphatic rings. The first-order chi connectivity index (χ1) is 48.6. The van der Waals surface area contributed by atoms with Crippen LogP contribution >= 0.6 is 0 Å². The fourth-order valence-electron chi connectivity index (χ4n) is 14.5. The van der Waals surface area contributed by atoms with Crippen LogP contribution in [0, 0.1) is 0 Å². The lowest BCUT2D eigenvalue weighted by atomic mass is 9.84. The van der Waals surface area contributed by atoms with E-state index < -0.39 is 0 Å². The molecule has 19 aromatic rings. The predicted molar refractivity (Wildman–Crippen MR) is 411 cm³/mol. The standard InChI is InChI=1S/C53H34N2.C40H27N3/c1-2-16-44(17-3-1)55-50-21-11-10-20-49(50)54-53(55)38-26-22-37(23-27-38)41-30-31-47-48(34-41)52(43-29-25-36-13-5-7-15-40(36)33-43)46-19-9-8-18-45(46)51(47)42-28-24-35-12-4-6-14-39(35)32-42;1-3-12-29(13-4-1)36-27-37(42-40(41-36)30-14-5-2-6-15-30)32-17-11-16-31(26-32)28-22-24-33(25-23-28)43-38-20-9-7-18-34(38)35-19-8-10-21-39(35)43/h1-34H;1-27H. The number of para-hydroxylation sites is 5. The predicted octanol–water partition coefficient (Wildman–Crippen LogP) is 24.5. The van der Waals surface area contributed by atoms with E-state index in [1.165, 1.54) is 92.7 Å². The Morgan fingerprint density at radius 1 is 0.194 bits per heavy atom. The number of benzene rings is 16. The molecule has 3 aromatic heterocycles. The number of hydrogen-bond donors (Lipinski definition) is 0. The van der Waals surface area contributed by atoms with E-state index in [0.29, 0.717) is 0 Å². The number of rotatable bonds is 10. The highest BCUT2D eigenvalue weighted by Gasteiger charge is 2.21. The zero-order valence-corrected chi connectivity index (χ0v) is 53.5. The van der Waals surface area contributed by atoms with Gasteiger partial charge in [-0.1, -0.05) is 291 Å². The Bertz CT molecular complexity index is 6100. The fourth-order valence-corrected chi connectivity index (χ4v) is 14.5. The molecule has 0 spiro atoms. The van der Waals surface area contributed by atoms with E-state index in [-0.39, 0.29) is 0 Å². The summed E-state index contributed by atoms with van der Waals surface area (Å²) in [5, 5.41) is 12.5. The van der Waals surface area contributed by atoms with Gasteiger partial charge in [-0.25, -0.2) is 15.0 Å². The average molecular weight is 1250 g/mol. The number of fused-ring (bicyclic) bond motifs is 8. The highest BCUT2D eigenvalue weighted by molar-refractivity contribution is 6.23. The molecule has 98 heavy (non-hydrogen) atoms. The molecule has 0 aliphatic carbocycles. The van der Waals surface area contributed by atoms with Crippen LogP contribution < -0.4 is 0 Å². The fraction of sp³-hybridized carbons (Fsp3) is 0. The zero-order valence-electron chi connectivity index (χ0n) is 53.5. The van der Waals surface area contributed by atoms with Gasteiger partial charge >= 0.3 is 0 Å². The van der Waals surface area contributed by atoms with Crippen LogP contribution in [0.15, 0.2) is 370 Å². The largest absolute Gasteiger partial charge is 0.309 e. The van der Waals surface area contributed by atoms with Crippen LogP contribution in [0.25, 0.3) is 177 Å². The SMILES string of the molecule is c1ccc(-c2cc(-c3cccc(-c4ccc(-n5c6ccccc6c6ccccc65)cc4)c3)nc(-c3ccccc3)n2)cc1.c1ccc(-n2c(-c3ccc(-c4ccc5c(-c6ccc7ccccc7c6)c6ccccc6c(-c6ccc7ccccc7c6)c5c4)cc3)nc3ccccc32)cc1. The molecule has 0 saturated heterocycles. The maximum atomic E-state index is 5.12. The van der Waals surface area contributed by atoms with Gasteiger partial charge in [-0.2, -0.15) is 0 Å². The van der Waals surface area contributed by atoms with Crippen molar-refractivity contribution in [2.45, 2.75) is 0 Å². The van der Waals surface area contributed by atoms with E-state index in [9.17, 15) is 0 Å². The van der Waals surface area contributed by atoms with Crippen molar-refractivity contribution in [3.05, 3.63) is 370 Å². The van der Waals surface area contributed by atoms with Crippen molar-refractivity contribution in [1.29, 1.82) is 0 Å². The van der Waals surface area contributed by atoms with Crippen molar-refractivity contribution in [3.63, 3.8) is 0 Å². The van der Waals surface area contributed by atoms with Crippen LogP contribution in [0.1, 0.15) is 0 Å². The van der Waals surface area contributed by atoms with Gasteiger partial charge in [-0.3, -0.25) is 4.57 Å². The van der Waals surface area contributed by atoms with Gasteiger partial charge in [0.25, 0.3) is 0 Å². The molecule has 16 aromatic carbocycles. The average Bonchev–Trinajstić information content (AvgIpc) is 0.979. The Balaban J connectivity index is 0.000000147. The van der Waals surface area contributed by atoms with Crippen LogP contribution in [0.4, 0.5) is 0 Å². The summed E-state index contributed by atoms with van der Waals surface area (Å²) in [6, 6.07) is 132. The third-order valence-electron chi connectivity index (χ3n) is 19.2. The normalized spacial score (nSPS) is 11.5. The highest BCUT2D eigenvalue weighted by Crippen LogP contribution is 2.46. The molecule has 19 rings (SSSR count). The molecule has 0 radical (unpaired) electrons. The Kier molecular flexibility index (Phi) is 14.5. The number of hydrogen-bond acceptors (Lipinski definition) is 3. The minimum absolute atomic E-state index is 0.720. The van der Waals surface area contributed by atoms with Crippen molar-refractivity contribution in [2.75, 3.05) is 0 Å². The summed E-state index contributed by atoms with van der Waals surface area (Å²) in [6.45, 7) is 0. The van der Waals surface area contributed by atoms with E-state index >= 15 is 0 Å².